The molecule has 0 bridgehead atoms. The minimum Gasteiger partial charge on any atom is -1.00 e. The molecule has 11 aliphatic rings. The first-order valence-electron chi connectivity index (χ1n) is 47.5. The standard InChI is InChI=1S/C31H35N2OS.C30H32N2O2.C30H32N2OS.C13H18N.C11H13N.C2H5I.5CH4.BrH.HI/c1-8-32-24-16-12-10-14-22(24)30(3,4)26(32)18-20-28(34)21(29(20)35-7)19-27-31(5,6)23-15-11-13-17-25(23)33(27)9-2;2*1-7-31-23-15-11-9-13-21(23)29(3,4)25(31)17-19-27(33)20(28(19)34)18-26-30(5,6)22-14-10-12-16-24(22)32(26)8-2;1-5-14-10(2)13(3,4)11-8-6-7-9-12(11)14;1-8-11(2,3)9-6-4-5-7-10(9)12-8;1-2-3;;;;;;;/h10-19H,8-9H2,1-7H3;2*9-18H,7-8H2,1-6H3;6-9H,5H2,1-4H3;4-7H,1-3H3;2H2,1H3;5*1H4;2*1H/q+1;;;+1;;;;;;;;;/p+1. The number of Topliss-reactive ketones (excluding diaryl/α,β-unsaturated/α-hetero) is 3. The number of carbonyl (C=O) groups is 3. The topological polar surface area (TPSA) is 106 Å². The molecule has 19 rings (SSSR count). The van der Waals surface area contributed by atoms with Crippen molar-refractivity contribution in [1.82, 2.24) is 0 Å². The highest BCUT2D eigenvalue weighted by Gasteiger charge is 2.52. The molecule has 8 aromatic carbocycles. The molecule has 8 aliphatic heterocycles. The normalized spacial score (nSPS) is 20.3. The fraction of sp³-hybridized carbons (Fsp3) is 0.393. The van der Waals surface area contributed by atoms with E-state index >= 15 is 0 Å². The molecule has 0 amide bonds. The van der Waals surface area contributed by atoms with Crippen LogP contribution in [0.25, 0.3) is 0 Å². The van der Waals surface area contributed by atoms with Gasteiger partial charge in [0.05, 0.1) is 38.5 Å². The van der Waals surface area contributed by atoms with Crippen LogP contribution >= 0.6 is 71.0 Å². The van der Waals surface area contributed by atoms with Gasteiger partial charge < -0.3 is 36.8 Å². The summed E-state index contributed by atoms with van der Waals surface area (Å²) in [5.41, 5.74) is 32.9. The number of hydrogen-bond donors (Lipinski definition) is 2. The number of ketones is 3. The second-order valence-electron chi connectivity index (χ2n) is 39.8. The van der Waals surface area contributed by atoms with Crippen LogP contribution in [0.2, 0.25) is 0 Å². The fourth-order valence-corrected chi connectivity index (χ4v) is 22.9. The van der Waals surface area contributed by atoms with E-state index in [0.717, 1.165) is 95.3 Å². The van der Waals surface area contributed by atoms with Gasteiger partial charge in [0.15, 0.2) is 34.4 Å². The van der Waals surface area contributed by atoms with Crippen molar-refractivity contribution in [2.75, 3.05) is 71.2 Å². The number of benzene rings is 8. The van der Waals surface area contributed by atoms with E-state index in [4.69, 9.17) is 12.6 Å². The van der Waals surface area contributed by atoms with Crippen LogP contribution in [0.5, 0.6) is 0 Å². The number of anilines is 3. The summed E-state index contributed by atoms with van der Waals surface area (Å²) < 4.78 is 10.6. The van der Waals surface area contributed by atoms with Gasteiger partial charge in [0.1, 0.15) is 31.9 Å². The summed E-state index contributed by atoms with van der Waals surface area (Å²) in [5, 5.41) is 11.0. The molecular weight excluding hydrogens is 2040 g/mol. The lowest BCUT2D eigenvalue weighted by atomic mass is 9.77. The monoisotopic (exact) mass is 2200 g/mol. The van der Waals surface area contributed by atoms with Gasteiger partial charge >= 0.3 is 0 Å². The van der Waals surface area contributed by atoms with Crippen molar-refractivity contribution >= 4 is 162 Å². The minimum absolute atomic E-state index is 0. The Kier molecular flexibility index (Phi) is 37.8. The van der Waals surface area contributed by atoms with Crippen LogP contribution in [-0.2, 0) is 57.7 Å². The lowest BCUT2D eigenvalue weighted by molar-refractivity contribution is -0.434. The quantitative estimate of drug-likeness (QED) is 0.0365. The third-order valence-electron chi connectivity index (χ3n) is 29.8. The maximum absolute atomic E-state index is 13.6. The van der Waals surface area contributed by atoms with Crippen molar-refractivity contribution in [2.24, 2.45) is 4.99 Å². The summed E-state index contributed by atoms with van der Waals surface area (Å²) in [4.78, 5) is 53.7. The Hall–Kier alpha value is -9.38. The predicted molar refractivity (Wildman–Crippen MR) is 618 cm³/mol. The van der Waals surface area contributed by atoms with Crippen molar-refractivity contribution in [1.29, 1.82) is 0 Å². The third-order valence-corrected chi connectivity index (χ3v) is 31.2. The number of nitrogens with zero attached hydrogens (tertiary/aromatic N) is 8. The number of aliphatic hydroxyl groups excluding tert-OH is 1. The zero-order chi connectivity index (χ0) is 95.8. The number of rotatable bonds is 14. The van der Waals surface area contributed by atoms with Crippen molar-refractivity contribution < 1.29 is 54.8 Å². The summed E-state index contributed by atoms with van der Waals surface area (Å²) in [6.45, 7) is 63.4. The second kappa shape index (κ2) is 45.1. The van der Waals surface area contributed by atoms with Gasteiger partial charge in [-0.05, 0) is 186 Å². The first-order chi connectivity index (χ1) is 62.6. The molecule has 0 saturated heterocycles. The van der Waals surface area contributed by atoms with Gasteiger partial charge in [0.2, 0.25) is 28.5 Å². The Labute approximate surface area is 887 Å². The number of hydrogen-bond acceptors (Lipinski definition) is 10. The molecule has 0 radical (unpaired) electrons. The molecule has 0 aromatic heterocycles. The second-order valence-corrected chi connectivity index (χ2v) is 42.6. The van der Waals surface area contributed by atoms with E-state index in [-0.39, 0.29) is 145 Å². The van der Waals surface area contributed by atoms with Crippen LogP contribution in [0, 0.1) is 0 Å². The lowest BCUT2D eigenvalue weighted by Gasteiger charge is -2.29. The van der Waals surface area contributed by atoms with Crippen LogP contribution in [0.4, 0.5) is 45.5 Å². The Morgan fingerprint density at radius 3 is 0.957 bits per heavy atom. The van der Waals surface area contributed by atoms with Gasteiger partial charge in [-0.2, -0.15) is 18.3 Å². The van der Waals surface area contributed by atoms with Crippen LogP contribution in [0.1, 0.15) is 262 Å². The van der Waals surface area contributed by atoms with E-state index in [1.807, 2.05) is 30.4 Å². The molecule has 740 valence electrons. The molecule has 12 nitrogen and oxygen atoms in total. The number of allylic oxidation sites excluding steroid dienone is 15. The number of para-hydroxylation sites is 8. The predicted octanol–water partition coefficient (Wildman–Crippen LogP) is 27.9. The minimum atomic E-state index is -0.248. The number of aliphatic imine (C=N–C) groups is 1. The van der Waals surface area contributed by atoms with Gasteiger partial charge in [0, 0.05) is 185 Å². The zero-order valence-corrected chi connectivity index (χ0v) is 91.7. The molecule has 0 atom stereocenters. The molecule has 0 spiro atoms. The molecular formula is C122H158BrI2N8O4S2+3. The fourth-order valence-electron chi connectivity index (χ4n) is 21.8. The zero-order valence-electron chi connectivity index (χ0n) is 83.9. The van der Waals surface area contributed by atoms with Crippen molar-refractivity contribution in [2.45, 2.75) is 260 Å². The maximum Gasteiger partial charge on any atom is 0.209 e. The molecule has 8 heterocycles. The lowest BCUT2D eigenvalue weighted by Crippen LogP contribution is -3.00. The molecule has 17 heteroatoms. The third kappa shape index (κ3) is 19.8. The molecule has 139 heavy (non-hydrogen) atoms. The first kappa shape index (κ1) is 117. The number of fused-ring (bicyclic) bond motifs is 8. The summed E-state index contributed by atoms with van der Waals surface area (Å²) in [6.07, 6.45) is 14.3. The van der Waals surface area contributed by atoms with E-state index < -0.39 is 0 Å². The van der Waals surface area contributed by atoms with Gasteiger partial charge in [-0.15, -0.1) is 48.4 Å². The Balaban J connectivity index is 0.000000242. The SMILES string of the molecule is C.C.C.C.C.CC1=Nc2ccccc2C1(C)C.CCI.CCN1C(=CC2=C(O)C(=CC3=[N+](CC)c4ccccc4C3(C)C)C2=O)C(C)(C)c2ccccc21.CCN1C(=CC2=C(S)C(=CC3=[N+](CC)c4ccccc4C3(C)C)C2=O)C(C)(C)c2ccccc21.CCN1C(=CC2=C(SC)C(=CC3=[N+](CC)c4ccccc4C3(C)C)C2=O)C(C)(C)c2ccccc21.CC[N+]1=C(C)C(C)(C)c2ccccc21.I.[Br-]. The average Bonchev–Trinajstić information content (AvgIpc) is 1.59. The summed E-state index contributed by atoms with van der Waals surface area (Å²) in [6, 6.07) is 68.1. The van der Waals surface area contributed by atoms with Crippen LogP contribution in [-0.4, -0.2) is 126 Å². The molecule has 8 aromatic rings. The van der Waals surface area contributed by atoms with Crippen molar-refractivity contribution in [3.05, 3.63) is 341 Å². The highest BCUT2D eigenvalue weighted by Crippen LogP contribution is 2.55. The van der Waals surface area contributed by atoms with E-state index in [9.17, 15) is 19.5 Å². The van der Waals surface area contributed by atoms with E-state index in [1.165, 1.54) is 112 Å². The highest BCUT2D eigenvalue weighted by atomic mass is 127. The Morgan fingerprint density at radius 2 is 0.633 bits per heavy atom. The smallest absolute Gasteiger partial charge is 0.209 e. The van der Waals surface area contributed by atoms with Gasteiger partial charge in [-0.3, -0.25) is 19.4 Å². The Morgan fingerprint density at radius 1 is 0.360 bits per heavy atom. The molecule has 0 fully saturated rings. The average molecular weight is 2200 g/mol. The summed E-state index contributed by atoms with van der Waals surface area (Å²) in [7, 11) is 0. The molecule has 0 unspecified atom stereocenters. The highest BCUT2D eigenvalue weighted by molar-refractivity contribution is 14.1. The van der Waals surface area contributed by atoms with E-state index in [0.29, 0.717) is 22.3 Å². The van der Waals surface area contributed by atoms with Gasteiger partial charge in [-0.25, -0.2) is 0 Å². The number of thioether (sulfide) groups is 1. The van der Waals surface area contributed by atoms with Gasteiger partial charge in [0.25, 0.3) is 0 Å². The molecule has 0 saturated carbocycles. The summed E-state index contributed by atoms with van der Waals surface area (Å²) >= 11 is 8.80. The van der Waals surface area contributed by atoms with E-state index in [2.05, 4.69) is 447 Å². The first-order valence-corrected chi connectivity index (χ1v) is 50.7. The molecule has 1 N–H and O–H groups in total. The number of thiol groups is 1. The number of aliphatic hydroxyl groups is 1. The number of likely N-dealkylation sites (N-methyl/N-ethyl adjacent to an activating group) is 3. The largest absolute Gasteiger partial charge is 1.00 e. The van der Waals surface area contributed by atoms with E-state index in [1.54, 1.807) is 11.8 Å². The van der Waals surface area contributed by atoms with Crippen LogP contribution < -0.4 is 31.7 Å². The van der Waals surface area contributed by atoms with Crippen molar-refractivity contribution in [3.8, 4) is 0 Å². The number of halogens is 3. The molecule has 3 aliphatic carbocycles. The van der Waals surface area contributed by atoms with Crippen molar-refractivity contribution in [3.63, 3.8) is 0 Å². The van der Waals surface area contributed by atoms with Gasteiger partial charge in [-0.1, -0.05) is 268 Å². The van der Waals surface area contributed by atoms with Crippen LogP contribution in [0.3, 0.4) is 0 Å². The summed E-state index contributed by atoms with van der Waals surface area (Å²) in [5.74, 6) is 0.231. The Bertz CT molecular complexity index is 6360. The maximum atomic E-state index is 13.6. The van der Waals surface area contributed by atoms with Crippen LogP contribution in [0.15, 0.2) is 302 Å². The number of alkyl halides is 1. The number of carbonyl (C=O) groups excluding carboxylic acids is 3.